The number of benzene rings is 2. The molecule has 1 aliphatic heterocycles. The van der Waals surface area contributed by atoms with E-state index in [9.17, 15) is 22.8 Å². The first-order valence-corrected chi connectivity index (χ1v) is 10.9. The number of carbonyl (C=O) groups excluding carboxylic acids is 2. The lowest BCUT2D eigenvalue weighted by atomic mass is 9.38. The van der Waals surface area contributed by atoms with Crippen LogP contribution < -0.4 is 24.3 Å². The van der Waals surface area contributed by atoms with Crippen LogP contribution in [0.1, 0.15) is 25.7 Å². The Bertz CT molecular complexity index is 1150. The zero-order valence-electron chi connectivity index (χ0n) is 17.7. The van der Waals surface area contributed by atoms with Crippen molar-refractivity contribution in [2.75, 3.05) is 13.2 Å². The maximum absolute atomic E-state index is 13.2. The van der Waals surface area contributed by atoms with Crippen molar-refractivity contribution in [2.45, 2.75) is 37.5 Å². The van der Waals surface area contributed by atoms with Gasteiger partial charge >= 0.3 is 6.29 Å². The van der Waals surface area contributed by atoms with Gasteiger partial charge in [0.2, 0.25) is 0 Å². The molecule has 3 aliphatic carbocycles. The smallest absolute Gasteiger partial charge is 0.486 e. The van der Waals surface area contributed by atoms with Gasteiger partial charge in [-0.05, 0) is 48.9 Å². The highest BCUT2D eigenvalue weighted by Gasteiger charge is 2.68. The van der Waals surface area contributed by atoms with Gasteiger partial charge in [0.15, 0.2) is 23.9 Å². The molecule has 1 heterocycles. The van der Waals surface area contributed by atoms with E-state index >= 15 is 0 Å². The molecule has 0 atom stereocenters. The summed E-state index contributed by atoms with van der Waals surface area (Å²) in [6.45, 7) is -0.434. The Morgan fingerprint density at radius 2 is 1.62 bits per heavy atom. The summed E-state index contributed by atoms with van der Waals surface area (Å²) < 4.78 is 58.8. The number of hydrogen-bond donors (Lipinski definition) is 1. The first-order chi connectivity index (χ1) is 16.0. The summed E-state index contributed by atoms with van der Waals surface area (Å²) in [5, 5.41) is 2.85. The first-order valence-electron chi connectivity index (χ1n) is 10.5. The highest BCUT2D eigenvalue weighted by atomic mass is 35.5. The Morgan fingerprint density at radius 1 is 0.971 bits per heavy atom. The molecule has 180 valence electrons. The molecule has 0 aromatic heterocycles. The minimum absolute atomic E-state index is 0.0777. The fraction of sp³-hybridized carbons (Fsp3) is 0.391. The summed E-state index contributed by atoms with van der Waals surface area (Å²) in [5.74, 6) is -0.763. The van der Waals surface area contributed by atoms with E-state index in [0.717, 1.165) is 0 Å². The minimum atomic E-state index is -3.72. The molecule has 1 amide bonds. The van der Waals surface area contributed by atoms with Gasteiger partial charge in [-0.25, -0.2) is 4.39 Å². The van der Waals surface area contributed by atoms with Crippen LogP contribution >= 0.6 is 11.6 Å². The third-order valence-electron chi connectivity index (χ3n) is 6.15. The Hall–Kier alpha value is -3.14. The van der Waals surface area contributed by atoms with E-state index in [0.29, 0.717) is 31.4 Å². The van der Waals surface area contributed by atoms with E-state index in [2.05, 4.69) is 14.8 Å². The van der Waals surface area contributed by atoms with Gasteiger partial charge in [0.25, 0.3) is 5.91 Å². The second-order valence-corrected chi connectivity index (χ2v) is 9.41. The van der Waals surface area contributed by atoms with Crippen LogP contribution in [0.15, 0.2) is 36.4 Å². The average Bonchev–Trinajstić information content (AvgIpc) is 3.03. The van der Waals surface area contributed by atoms with Crippen molar-refractivity contribution in [1.29, 1.82) is 0 Å². The van der Waals surface area contributed by atoms with Crippen molar-refractivity contribution in [3.05, 3.63) is 47.2 Å². The number of hydrogen-bond acceptors (Lipinski definition) is 6. The summed E-state index contributed by atoms with van der Waals surface area (Å²) in [7, 11) is 0. The number of alkyl halides is 2. The van der Waals surface area contributed by atoms with Crippen LogP contribution in [0.25, 0.3) is 0 Å². The number of Topliss-reactive ketones (excluding diaryl/α,β-unsaturated/α-hetero) is 1. The predicted molar refractivity (Wildman–Crippen MR) is 112 cm³/mol. The third-order valence-corrected chi connectivity index (χ3v) is 6.44. The Labute approximate surface area is 197 Å². The molecule has 3 saturated carbocycles. The van der Waals surface area contributed by atoms with Crippen LogP contribution in [0.2, 0.25) is 5.02 Å². The average molecular weight is 498 g/mol. The number of rotatable bonds is 9. The second-order valence-electron chi connectivity index (χ2n) is 9.00. The molecule has 11 heteroatoms. The van der Waals surface area contributed by atoms with E-state index in [1.54, 1.807) is 0 Å². The molecule has 7 nitrogen and oxygen atoms in total. The van der Waals surface area contributed by atoms with Crippen LogP contribution in [0.4, 0.5) is 13.2 Å². The maximum Gasteiger partial charge on any atom is 0.586 e. The van der Waals surface area contributed by atoms with Gasteiger partial charge in [-0.3, -0.25) is 9.59 Å². The molecule has 0 spiro atoms. The van der Waals surface area contributed by atoms with Gasteiger partial charge in [0, 0.05) is 24.1 Å². The third kappa shape index (κ3) is 4.46. The van der Waals surface area contributed by atoms with Gasteiger partial charge < -0.3 is 24.3 Å². The number of amides is 1. The lowest BCUT2D eigenvalue weighted by Gasteiger charge is -2.70. The van der Waals surface area contributed by atoms with Crippen LogP contribution in [0.5, 0.6) is 23.0 Å². The summed E-state index contributed by atoms with van der Waals surface area (Å²) in [6, 6.07) is 7.80. The molecule has 34 heavy (non-hydrogen) atoms. The molecule has 3 fully saturated rings. The van der Waals surface area contributed by atoms with Crippen molar-refractivity contribution < 1.29 is 41.7 Å². The number of ether oxygens (including phenoxy) is 4. The maximum atomic E-state index is 13.2. The lowest BCUT2D eigenvalue weighted by Crippen LogP contribution is -2.75. The molecule has 0 saturated heterocycles. The van der Waals surface area contributed by atoms with Gasteiger partial charge in [-0.1, -0.05) is 11.6 Å². The van der Waals surface area contributed by atoms with Crippen molar-refractivity contribution in [2.24, 2.45) is 5.41 Å². The number of nitrogens with one attached hydrogen (secondary N) is 1. The van der Waals surface area contributed by atoms with Crippen molar-refractivity contribution in [1.82, 2.24) is 5.32 Å². The fourth-order valence-corrected chi connectivity index (χ4v) is 5.19. The standard InChI is InChI=1S/C23H19ClF3NO6/c24-16-5-14(1-3-17(16)25)31-8-13(29)7-21-10-22(11-21,12-21)28-20(30)9-32-15-2-4-18-19(6-15)34-23(26,27)33-18/h1-6H,7-12H2,(H,28,30). The number of ketones is 1. The van der Waals surface area contributed by atoms with Crippen LogP contribution in [0, 0.1) is 11.2 Å². The Balaban J connectivity index is 1.03. The van der Waals surface area contributed by atoms with Gasteiger partial charge in [0.1, 0.15) is 23.9 Å². The molecule has 2 aromatic rings. The quantitative estimate of drug-likeness (QED) is 0.557. The second kappa shape index (κ2) is 7.97. The van der Waals surface area contributed by atoms with Crippen molar-refractivity contribution >= 4 is 23.3 Å². The largest absolute Gasteiger partial charge is 0.586 e. The molecule has 2 aromatic carbocycles. The molecular formula is C23H19ClF3NO6. The molecule has 4 aliphatic rings. The Morgan fingerprint density at radius 3 is 2.35 bits per heavy atom. The summed E-state index contributed by atoms with van der Waals surface area (Å²) in [4.78, 5) is 24.6. The van der Waals surface area contributed by atoms with E-state index in [4.69, 9.17) is 21.1 Å². The summed E-state index contributed by atoms with van der Waals surface area (Å²) in [5.41, 5.74) is -0.486. The number of halogens is 4. The topological polar surface area (TPSA) is 83.1 Å². The fourth-order valence-electron chi connectivity index (χ4n) is 5.02. The van der Waals surface area contributed by atoms with E-state index in [1.165, 1.54) is 36.4 Å². The lowest BCUT2D eigenvalue weighted by molar-refractivity contribution is -0.286. The molecule has 6 rings (SSSR count). The molecule has 1 N–H and O–H groups in total. The SMILES string of the molecule is O=C(COc1ccc(F)c(Cl)c1)CC12CC(NC(=O)COc3ccc4c(c3)OC(F)(F)O4)(C1)C2. The zero-order chi connectivity index (χ0) is 24.1. The predicted octanol–water partition coefficient (Wildman–Crippen LogP) is 4.26. The Kier molecular flexibility index (Phi) is 5.31. The molecular weight excluding hydrogens is 479 g/mol. The van der Waals surface area contributed by atoms with Crippen molar-refractivity contribution in [3.63, 3.8) is 0 Å². The highest BCUT2D eigenvalue weighted by molar-refractivity contribution is 6.30. The normalized spacial score (nSPS) is 25.1. The van der Waals surface area contributed by atoms with Crippen molar-refractivity contribution in [3.8, 4) is 23.0 Å². The minimum Gasteiger partial charge on any atom is -0.486 e. The van der Waals surface area contributed by atoms with Gasteiger partial charge in [0.05, 0.1) is 5.02 Å². The monoisotopic (exact) mass is 497 g/mol. The van der Waals surface area contributed by atoms with Crippen LogP contribution in [-0.4, -0.2) is 36.7 Å². The molecule has 0 radical (unpaired) electrons. The number of fused-ring (bicyclic) bond motifs is 1. The van der Waals surface area contributed by atoms with Gasteiger partial charge in [-0.2, -0.15) is 0 Å². The molecule has 2 bridgehead atoms. The number of carbonyl (C=O) groups is 2. The van der Waals surface area contributed by atoms with Crippen LogP contribution in [-0.2, 0) is 9.59 Å². The van der Waals surface area contributed by atoms with Gasteiger partial charge in [-0.15, -0.1) is 8.78 Å². The first kappa shape index (κ1) is 22.6. The zero-order valence-corrected chi connectivity index (χ0v) is 18.4. The summed E-state index contributed by atoms with van der Waals surface area (Å²) in [6.07, 6.45) is -1.35. The van der Waals surface area contributed by atoms with Crippen LogP contribution in [0.3, 0.4) is 0 Å². The van der Waals surface area contributed by atoms with E-state index in [-0.39, 0.29) is 58.1 Å². The van der Waals surface area contributed by atoms with E-state index < -0.39 is 12.1 Å². The molecule has 0 unspecified atom stereocenters. The summed E-state index contributed by atoms with van der Waals surface area (Å²) >= 11 is 5.70. The van der Waals surface area contributed by atoms with E-state index in [1.807, 2.05) is 0 Å². The highest BCUT2D eigenvalue weighted by Crippen LogP contribution is 2.69.